The summed E-state index contributed by atoms with van der Waals surface area (Å²) >= 11 is 0. The van der Waals surface area contributed by atoms with Crippen LogP contribution >= 0.6 is 0 Å². The molecule has 1 saturated carbocycles. The molecule has 2 heterocycles. The van der Waals surface area contributed by atoms with E-state index in [0.717, 1.165) is 5.56 Å². The van der Waals surface area contributed by atoms with Gasteiger partial charge in [-0.05, 0) is 31.5 Å². The van der Waals surface area contributed by atoms with Crippen LogP contribution in [0.15, 0.2) is 24.3 Å². The van der Waals surface area contributed by atoms with E-state index in [2.05, 4.69) is 5.43 Å². The third-order valence-electron chi connectivity index (χ3n) is 5.78. The molecule has 4 atom stereocenters. The second-order valence-corrected chi connectivity index (χ2v) is 8.56. The number of ether oxygens (including phenoxy) is 4. The molecule has 0 radical (unpaired) electrons. The molecule has 8 nitrogen and oxygen atoms in total. The molecule has 0 bridgehead atoms. The van der Waals surface area contributed by atoms with Gasteiger partial charge in [0.25, 0.3) is 5.91 Å². The summed E-state index contributed by atoms with van der Waals surface area (Å²) in [4.78, 5) is 13.4. The number of carbonyl (C=O) groups is 1. The Bertz CT molecular complexity index is 754. The van der Waals surface area contributed by atoms with Crippen LogP contribution in [0.3, 0.4) is 0 Å². The Kier molecular flexibility index (Phi) is 6.11. The smallest absolute Gasteiger partial charge is 0.266 e. The maximum atomic E-state index is 13.4. The van der Waals surface area contributed by atoms with Crippen LogP contribution in [0.5, 0.6) is 0 Å². The van der Waals surface area contributed by atoms with Gasteiger partial charge in [0, 0.05) is 25.9 Å². The van der Waals surface area contributed by atoms with Crippen molar-refractivity contribution >= 4 is 5.91 Å². The van der Waals surface area contributed by atoms with Crippen molar-refractivity contribution in [2.45, 2.75) is 63.0 Å². The predicted octanol–water partition coefficient (Wildman–Crippen LogP) is 1.12. The van der Waals surface area contributed by atoms with Gasteiger partial charge in [-0.25, -0.2) is 9.40 Å². The van der Waals surface area contributed by atoms with E-state index >= 15 is 0 Å². The number of rotatable bonds is 5. The maximum absolute atomic E-state index is 13.4. The molecular formula is C21H29FN2O6. The highest BCUT2D eigenvalue weighted by Crippen LogP contribution is 2.43. The van der Waals surface area contributed by atoms with Crippen molar-refractivity contribution in [1.29, 1.82) is 0 Å². The number of morpholine rings is 1. The first-order valence-corrected chi connectivity index (χ1v) is 10.3. The number of carbonyl (C=O) groups excluding carboxylic acids is 1. The number of hydrazine groups is 1. The van der Waals surface area contributed by atoms with Gasteiger partial charge in [0.05, 0.1) is 32.0 Å². The normalized spacial score (nSPS) is 33.8. The van der Waals surface area contributed by atoms with Crippen molar-refractivity contribution in [3.63, 3.8) is 0 Å². The van der Waals surface area contributed by atoms with E-state index in [4.69, 9.17) is 18.9 Å². The fraction of sp³-hybridized carbons (Fsp3) is 0.667. The predicted molar refractivity (Wildman–Crippen MR) is 104 cm³/mol. The fourth-order valence-corrected chi connectivity index (χ4v) is 4.30. The number of halogens is 1. The highest BCUT2D eigenvalue weighted by atomic mass is 19.1. The average molecular weight is 424 g/mol. The molecule has 1 aromatic carbocycles. The van der Waals surface area contributed by atoms with Crippen LogP contribution < -0.4 is 5.43 Å². The van der Waals surface area contributed by atoms with Gasteiger partial charge >= 0.3 is 0 Å². The Morgan fingerprint density at radius 3 is 2.63 bits per heavy atom. The molecule has 3 fully saturated rings. The molecular weight excluding hydrogens is 395 g/mol. The maximum Gasteiger partial charge on any atom is 0.266 e. The van der Waals surface area contributed by atoms with Crippen molar-refractivity contribution in [3.05, 3.63) is 35.6 Å². The van der Waals surface area contributed by atoms with Crippen LogP contribution in [0.25, 0.3) is 0 Å². The first kappa shape index (κ1) is 21.6. The van der Waals surface area contributed by atoms with Crippen molar-refractivity contribution in [3.8, 4) is 0 Å². The van der Waals surface area contributed by atoms with E-state index in [0.29, 0.717) is 26.3 Å². The van der Waals surface area contributed by atoms with E-state index in [1.807, 2.05) is 0 Å². The summed E-state index contributed by atoms with van der Waals surface area (Å²) in [5, 5.41) is 12.6. The number of nitrogens with one attached hydrogen (secondary N) is 1. The van der Waals surface area contributed by atoms with Crippen LogP contribution in [-0.2, 0) is 30.3 Å². The van der Waals surface area contributed by atoms with Gasteiger partial charge < -0.3 is 24.1 Å². The van der Waals surface area contributed by atoms with Crippen molar-refractivity contribution in [2.24, 2.45) is 0 Å². The van der Waals surface area contributed by atoms with E-state index in [1.165, 1.54) is 12.1 Å². The van der Waals surface area contributed by atoms with Gasteiger partial charge in [0.1, 0.15) is 11.9 Å². The number of fused-ring (bicyclic) bond motifs is 1. The molecule has 0 aromatic heterocycles. The topological polar surface area (TPSA) is 89.5 Å². The average Bonchev–Trinajstić information content (AvgIpc) is 3.03. The Hall–Kier alpha value is -1.62. The molecule has 2 N–H and O–H groups in total. The van der Waals surface area contributed by atoms with Gasteiger partial charge in [-0.3, -0.25) is 10.2 Å². The lowest BCUT2D eigenvalue weighted by atomic mass is 9.79. The number of aliphatic hydroxyl groups is 1. The van der Waals surface area contributed by atoms with Gasteiger partial charge in [-0.15, -0.1) is 0 Å². The molecule has 0 spiro atoms. The van der Waals surface area contributed by atoms with Gasteiger partial charge in [0.15, 0.2) is 11.4 Å². The Morgan fingerprint density at radius 1 is 1.23 bits per heavy atom. The second kappa shape index (κ2) is 8.49. The Morgan fingerprint density at radius 2 is 1.93 bits per heavy atom. The van der Waals surface area contributed by atoms with E-state index in [1.54, 1.807) is 31.0 Å². The Labute approximate surface area is 175 Å². The van der Waals surface area contributed by atoms with E-state index in [-0.39, 0.29) is 31.2 Å². The number of hydrogen-bond donors (Lipinski definition) is 2. The first-order valence-electron chi connectivity index (χ1n) is 10.3. The highest BCUT2D eigenvalue weighted by molar-refractivity contribution is 5.85. The lowest BCUT2D eigenvalue weighted by Gasteiger charge is -2.43. The van der Waals surface area contributed by atoms with Gasteiger partial charge in [0.2, 0.25) is 0 Å². The standard InChI is InChI=1S/C21H29FN2O6/c1-20(2)29-17-12-21(11-16(25)18(17)30-20,19(26)23-24-7-9-27-10-8-24)28-13-14-3-5-15(22)6-4-14/h3-6,16-18,25H,7-13H2,1-2H3,(H,23,26)/t16-,17-,18+,21-/m1/s1. The van der Waals surface area contributed by atoms with Gasteiger partial charge in [-0.1, -0.05) is 12.1 Å². The molecule has 1 amide bonds. The number of amides is 1. The number of nitrogens with zero attached hydrogens (tertiary/aromatic N) is 1. The van der Waals surface area contributed by atoms with Crippen molar-refractivity contribution in [2.75, 3.05) is 26.3 Å². The Balaban J connectivity index is 1.54. The molecule has 3 aliphatic rings. The summed E-state index contributed by atoms with van der Waals surface area (Å²) in [7, 11) is 0. The molecule has 2 aliphatic heterocycles. The van der Waals surface area contributed by atoms with E-state index < -0.39 is 29.7 Å². The van der Waals surface area contributed by atoms with Crippen molar-refractivity contribution in [1.82, 2.24) is 10.4 Å². The lowest BCUT2D eigenvalue weighted by molar-refractivity contribution is -0.180. The van der Waals surface area contributed by atoms with Gasteiger partial charge in [-0.2, -0.15) is 0 Å². The molecule has 0 unspecified atom stereocenters. The number of hydrogen-bond acceptors (Lipinski definition) is 7. The molecule has 30 heavy (non-hydrogen) atoms. The van der Waals surface area contributed by atoms with Crippen LogP contribution in [-0.4, -0.2) is 72.0 Å². The minimum absolute atomic E-state index is 0.0744. The summed E-state index contributed by atoms with van der Waals surface area (Å²) in [6.07, 6.45) is -1.60. The molecule has 166 valence electrons. The molecule has 1 aliphatic carbocycles. The second-order valence-electron chi connectivity index (χ2n) is 8.56. The minimum atomic E-state index is -1.31. The number of aliphatic hydroxyl groups excluding tert-OH is 1. The number of benzene rings is 1. The van der Waals surface area contributed by atoms with Crippen LogP contribution in [0, 0.1) is 5.82 Å². The van der Waals surface area contributed by atoms with Crippen molar-refractivity contribution < 1.29 is 33.2 Å². The third kappa shape index (κ3) is 4.66. The fourth-order valence-electron chi connectivity index (χ4n) is 4.30. The van der Waals surface area contributed by atoms with Crippen LogP contribution in [0.2, 0.25) is 0 Å². The molecule has 2 saturated heterocycles. The van der Waals surface area contributed by atoms with E-state index in [9.17, 15) is 14.3 Å². The molecule has 9 heteroatoms. The summed E-state index contributed by atoms with van der Waals surface area (Å²) < 4.78 is 36.5. The zero-order chi connectivity index (χ0) is 21.4. The minimum Gasteiger partial charge on any atom is -0.390 e. The SMILES string of the molecule is CC1(C)O[C@H]2[C@H](O)C[C@](OCc3ccc(F)cc3)(C(=O)NN3CCOCC3)C[C@H]2O1. The monoisotopic (exact) mass is 424 g/mol. The largest absolute Gasteiger partial charge is 0.390 e. The summed E-state index contributed by atoms with van der Waals surface area (Å²) in [6, 6.07) is 5.93. The third-order valence-corrected chi connectivity index (χ3v) is 5.78. The summed E-state index contributed by atoms with van der Waals surface area (Å²) in [5.41, 5.74) is 2.34. The summed E-state index contributed by atoms with van der Waals surface area (Å²) in [6.45, 7) is 5.87. The lowest BCUT2D eigenvalue weighted by Crippen LogP contribution is -2.62. The first-order chi connectivity index (χ1) is 14.3. The van der Waals surface area contributed by atoms with Crippen LogP contribution in [0.1, 0.15) is 32.3 Å². The zero-order valence-electron chi connectivity index (χ0n) is 17.3. The summed E-state index contributed by atoms with van der Waals surface area (Å²) in [5.74, 6) is -1.52. The zero-order valence-corrected chi connectivity index (χ0v) is 17.3. The van der Waals surface area contributed by atoms with Crippen LogP contribution in [0.4, 0.5) is 4.39 Å². The highest BCUT2D eigenvalue weighted by Gasteiger charge is 2.57. The quantitative estimate of drug-likeness (QED) is 0.732. The molecule has 1 aromatic rings. The molecule has 4 rings (SSSR count).